The van der Waals surface area contributed by atoms with Gasteiger partial charge in [0.05, 0.1) is 0 Å². The van der Waals surface area contributed by atoms with Crippen molar-refractivity contribution < 1.29 is 9.18 Å². The molecule has 0 spiro atoms. The van der Waals surface area contributed by atoms with Crippen LogP contribution in [0.1, 0.15) is 40.5 Å². The van der Waals surface area contributed by atoms with E-state index in [4.69, 9.17) is 23.8 Å². The van der Waals surface area contributed by atoms with E-state index in [0.717, 1.165) is 46.5 Å². The van der Waals surface area contributed by atoms with Gasteiger partial charge < -0.3 is 15.2 Å². The summed E-state index contributed by atoms with van der Waals surface area (Å²) in [6, 6.07) is 12.4. The predicted octanol–water partition coefficient (Wildman–Crippen LogP) is 6.63. The highest BCUT2D eigenvalue weighted by Crippen LogP contribution is 2.43. The molecule has 166 valence electrons. The van der Waals surface area contributed by atoms with E-state index in [2.05, 4.69) is 10.3 Å². The standard InChI is InChI=1S/C25H25ClFN3OS/c1-15-3-6-18(26)11-23(15)29-24-16(2)25(32)28-12-21(24)22-13-30(14-31)10-9-20(22)17-4-7-19(27)8-5-17/h3-8,11-12,14,20,22H,9-10,13H2,1-2H3,(H2,28,29,32). The highest BCUT2D eigenvalue weighted by molar-refractivity contribution is 7.71. The van der Waals surface area contributed by atoms with Crippen molar-refractivity contribution in [2.24, 2.45) is 0 Å². The number of carbonyl (C=O) groups is 1. The van der Waals surface area contributed by atoms with Crippen molar-refractivity contribution in [1.82, 2.24) is 9.88 Å². The van der Waals surface area contributed by atoms with E-state index in [1.165, 1.54) is 12.1 Å². The van der Waals surface area contributed by atoms with Gasteiger partial charge in [-0.2, -0.15) is 0 Å². The minimum atomic E-state index is -0.256. The van der Waals surface area contributed by atoms with Gasteiger partial charge in [-0.3, -0.25) is 4.79 Å². The van der Waals surface area contributed by atoms with E-state index in [1.54, 1.807) is 4.90 Å². The number of aromatic amines is 1. The second-order valence-corrected chi connectivity index (χ2v) is 9.16. The van der Waals surface area contributed by atoms with E-state index < -0.39 is 0 Å². The van der Waals surface area contributed by atoms with Crippen LogP contribution in [0.4, 0.5) is 15.8 Å². The number of anilines is 2. The number of piperidine rings is 1. The minimum Gasteiger partial charge on any atom is -0.355 e. The number of hydrogen-bond donors (Lipinski definition) is 2. The maximum absolute atomic E-state index is 13.6. The SMILES string of the molecule is Cc1ccc(Cl)cc1Nc1c(C2CN(C=O)CCC2c2ccc(F)cc2)c[nH]c(=S)c1C. The van der Waals surface area contributed by atoms with E-state index in [0.29, 0.717) is 22.8 Å². The third kappa shape index (κ3) is 4.57. The summed E-state index contributed by atoms with van der Waals surface area (Å²) < 4.78 is 14.2. The lowest BCUT2D eigenvalue weighted by molar-refractivity contribution is -0.119. The minimum absolute atomic E-state index is 0.00644. The number of H-pyrrole nitrogens is 1. The van der Waals surface area contributed by atoms with Crippen molar-refractivity contribution in [2.75, 3.05) is 18.4 Å². The third-order valence-corrected chi connectivity index (χ3v) is 6.97. The highest BCUT2D eigenvalue weighted by Gasteiger charge is 2.33. The van der Waals surface area contributed by atoms with E-state index >= 15 is 0 Å². The van der Waals surface area contributed by atoms with Crippen molar-refractivity contribution >= 4 is 41.6 Å². The molecule has 1 fully saturated rings. The first kappa shape index (κ1) is 22.5. The first-order chi connectivity index (χ1) is 15.4. The Kier molecular flexibility index (Phi) is 6.63. The summed E-state index contributed by atoms with van der Waals surface area (Å²) in [6.45, 7) is 5.24. The number of nitrogens with one attached hydrogen (secondary N) is 2. The van der Waals surface area contributed by atoms with Gasteiger partial charge in [0, 0.05) is 47.2 Å². The molecule has 4 nitrogen and oxygen atoms in total. The van der Waals surface area contributed by atoms with Crippen LogP contribution < -0.4 is 5.32 Å². The molecule has 3 aromatic rings. The van der Waals surface area contributed by atoms with Gasteiger partial charge in [0.1, 0.15) is 10.5 Å². The monoisotopic (exact) mass is 469 g/mol. The van der Waals surface area contributed by atoms with Gasteiger partial charge in [-0.25, -0.2) is 4.39 Å². The van der Waals surface area contributed by atoms with Crippen LogP contribution in [0.25, 0.3) is 0 Å². The zero-order valence-corrected chi connectivity index (χ0v) is 19.6. The number of amides is 1. The van der Waals surface area contributed by atoms with Crippen LogP contribution in [0.2, 0.25) is 5.02 Å². The molecule has 1 saturated heterocycles. The van der Waals surface area contributed by atoms with Crippen molar-refractivity contribution in [3.05, 3.63) is 86.4 Å². The molecule has 4 rings (SSSR count). The molecule has 2 aromatic carbocycles. The van der Waals surface area contributed by atoms with Crippen LogP contribution in [0, 0.1) is 24.3 Å². The van der Waals surface area contributed by atoms with Gasteiger partial charge in [-0.15, -0.1) is 0 Å². The zero-order valence-electron chi connectivity index (χ0n) is 18.0. The first-order valence-electron chi connectivity index (χ1n) is 10.6. The number of likely N-dealkylation sites (tertiary alicyclic amines) is 1. The maximum atomic E-state index is 13.6. The van der Waals surface area contributed by atoms with Gasteiger partial charge in [-0.1, -0.05) is 42.0 Å². The molecular formula is C25H25ClFN3OS. The Morgan fingerprint density at radius 2 is 1.94 bits per heavy atom. The molecule has 0 radical (unpaired) electrons. The molecule has 1 aliphatic rings. The molecule has 2 unspecified atom stereocenters. The van der Waals surface area contributed by atoms with Gasteiger partial charge >= 0.3 is 0 Å². The number of halogens is 2. The Hall–Kier alpha value is -2.70. The van der Waals surface area contributed by atoms with Crippen molar-refractivity contribution in [1.29, 1.82) is 0 Å². The zero-order chi connectivity index (χ0) is 22.8. The summed E-state index contributed by atoms with van der Waals surface area (Å²) in [7, 11) is 0. The highest BCUT2D eigenvalue weighted by atomic mass is 35.5. The second kappa shape index (κ2) is 9.43. The smallest absolute Gasteiger partial charge is 0.209 e. The van der Waals surface area contributed by atoms with Crippen LogP contribution in [-0.2, 0) is 4.79 Å². The van der Waals surface area contributed by atoms with Crippen molar-refractivity contribution in [3.8, 4) is 0 Å². The molecule has 0 aliphatic carbocycles. The second-order valence-electron chi connectivity index (χ2n) is 8.31. The summed E-state index contributed by atoms with van der Waals surface area (Å²) in [5, 5.41) is 4.21. The van der Waals surface area contributed by atoms with Gasteiger partial charge in [0.25, 0.3) is 0 Å². The normalized spacial score (nSPS) is 18.4. The molecule has 1 aliphatic heterocycles. The van der Waals surface area contributed by atoms with Gasteiger partial charge in [-0.05, 0) is 67.1 Å². The van der Waals surface area contributed by atoms with Crippen LogP contribution in [0.15, 0.2) is 48.7 Å². The lowest BCUT2D eigenvalue weighted by atomic mass is 9.76. The molecule has 2 N–H and O–H groups in total. The molecule has 32 heavy (non-hydrogen) atoms. The lowest BCUT2D eigenvalue weighted by Crippen LogP contribution is -2.37. The maximum Gasteiger partial charge on any atom is 0.209 e. The fourth-order valence-corrected chi connectivity index (χ4v) is 4.81. The molecule has 7 heteroatoms. The lowest BCUT2D eigenvalue weighted by Gasteiger charge is -2.38. The van der Waals surface area contributed by atoms with E-state index in [9.17, 15) is 9.18 Å². The molecule has 0 bridgehead atoms. The van der Waals surface area contributed by atoms with E-state index in [1.807, 2.05) is 50.4 Å². The molecular weight excluding hydrogens is 445 g/mol. The summed E-state index contributed by atoms with van der Waals surface area (Å²) in [6.07, 6.45) is 3.63. The fraction of sp³-hybridized carbons (Fsp3) is 0.280. The molecule has 2 heterocycles. The summed E-state index contributed by atoms with van der Waals surface area (Å²) >= 11 is 11.8. The average Bonchev–Trinajstić information content (AvgIpc) is 2.79. The van der Waals surface area contributed by atoms with Crippen molar-refractivity contribution in [2.45, 2.75) is 32.1 Å². The number of carbonyl (C=O) groups excluding carboxylic acids is 1. The summed E-state index contributed by atoms with van der Waals surface area (Å²) in [4.78, 5) is 16.6. The Labute approximate surface area is 197 Å². The Morgan fingerprint density at radius 1 is 1.19 bits per heavy atom. The number of aryl methyl sites for hydroxylation is 1. The number of nitrogens with zero attached hydrogens (tertiary/aromatic N) is 1. The predicted molar refractivity (Wildman–Crippen MR) is 130 cm³/mol. The van der Waals surface area contributed by atoms with Crippen LogP contribution >= 0.6 is 23.8 Å². The number of benzene rings is 2. The fourth-order valence-electron chi connectivity index (χ4n) is 4.47. The number of rotatable bonds is 5. The van der Waals surface area contributed by atoms with Crippen molar-refractivity contribution in [3.63, 3.8) is 0 Å². The van der Waals surface area contributed by atoms with Gasteiger partial charge in [0.15, 0.2) is 0 Å². The topological polar surface area (TPSA) is 48.1 Å². The summed E-state index contributed by atoms with van der Waals surface area (Å²) in [5.41, 5.74) is 5.92. The third-order valence-electron chi connectivity index (χ3n) is 6.31. The first-order valence-corrected chi connectivity index (χ1v) is 11.4. The Morgan fingerprint density at radius 3 is 2.66 bits per heavy atom. The quantitative estimate of drug-likeness (QED) is 0.326. The molecule has 2 atom stereocenters. The average molecular weight is 470 g/mol. The van der Waals surface area contributed by atoms with Gasteiger partial charge in [0.2, 0.25) is 6.41 Å². The van der Waals surface area contributed by atoms with E-state index in [-0.39, 0.29) is 17.7 Å². The number of aromatic nitrogens is 1. The molecule has 0 saturated carbocycles. The van der Waals surface area contributed by atoms with Crippen LogP contribution in [-0.4, -0.2) is 29.4 Å². The molecule has 1 amide bonds. The van der Waals surface area contributed by atoms with Crippen LogP contribution in [0.5, 0.6) is 0 Å². The molecule has 1 aromatic heterocycles. The summed E-state index contributed by atoms with van der Waals surface area (Å²) in [5.74, 6) is -0.113. The number of pyridine rings is 1. The number of hydrogen-bond acceptors (Lipinski definition) is 3. The Balaban J connectivity index is 1.82. The Bertz CT molecular complexity index is 1190. The largest absolute Gasteiger partial charge is 0.355 e. The van der Waals surface area contributed by atoms with Crippen LogP contribution in [0.3, 0.4) is 0 Å².